The zero-order valence-corrected chi connectivity index (χ0v) is 18.5. The Morgan fingerprint density at radius 3 is 2.42 bits per heavy atom. The van der Waals surface area contributed by atoms with Crippen molar-refractivity contribution in [3.05, 3.63) is 76.6 Å². The molecule has 162 valence electrons. The highest BCUT2D eigenvalue weighted by Gasteiger charge is 2.23. The average molecular weight is 441 g/mol. The van der Waals surface area contributed by atoms with Crippen molar-refractivity contribution in [1.82, 2.24) is 5.32 Å². The van der Waals surface area contributed by atoms with E-state index in [2.05, 4.69) is 22.2 Å². The lowest BCUT2D eigenvalue weighted by Crippen LogP contribution is -2.27. The molecule has 0 aromatic heterocycles. The number of hydrogen-bond acceptors (Lipinski definition) is 3. The van der Waals surface area contributed by atoms with Gasteiger partial charge in [-0.3, -0.25) is 9.52 Å². The summed E-state index contributed by atoms with van der Waals surface area (Å²) in [5, 5.41) is 4.93. The van der Waals surface area contributed by atoms with Gasteiger partial charge in [-0.25, -0.2) is 12.8 Å². The number of nitrogens with one attached hydrogen (secondary N) is 2. The molecular weight excluding hydrogens is 415 g/mol. The van der Waals surface area contributed by atoms with E-state index in [1.807, 2.05) is 18.2 Å². The highest BCUT2D eigenvalue weighted by Crippen LogP contribution is 2.40. The summed E-state index contributed by atoms with van der Waals surface area (Å²) in [5.74, 6) is -0.211. The van der Waals surface area contributed by atoms with Gasteiger partial charge in [0, 0.05) is 11.1 Å². The van der Waals surface area contributed by atoms with E-state index in [1.54, 1.807) is 26.0 Å². The normalized spacial score (nSPS) is 15.0. The maximum Gasteiger partial charge on any atom is 0.251 e. The predicted molar refractivity (Wildman–Crippen MR) is 121 cm³/mol. The molecule has 4 rings (SSSR count). The van der Waals surface area contributed by atoms with E-state index in [9.17, 15) is 17.6 Å². The van der Waals surface area contributed by atoms with Crippen LogP contribution in [0.3, 0.4) is 0 Å². The highest BCUT2D eigenvalue weighted by atomic mass is 32.2. The minimum absolute atomic E-state index is 0.183. The van der Waals surface area contributed by atoms with Gasteiger partial charge in [0.15, 0.2) is 0 Å². The number of aryl methyl sites for hydroxylation is 1. The van der Waals surface area contributed by atoms with Crippen molar-refractivity contribution in [2.45, 2.75) is 38.6 Å². The van der Waals surface area contributed by atoms with Gasteiger partial charge in [-0.1, -0.05) is 24.3 Å². The number of sulfonamides is 1. The van der Waals surface area contributed by atoms with Gasteiger partial charge in [0.1, 0.15) is 5.82 Å². The fourth-order valence-electron chi connectivity index (χ4n) is 3.78. The summed E-state index contributed by atoms with van der Waals surface area (Å²) in [6.45, 7) is 3.38. The van der Waals surface area contributed by atoms with Crippen molar-refractivity contribution >= 4 is 32.4 Å². The molecule has 1 atom stereocenters. The second kappa shape index (κ2) is 7.96. The van der Waals surface area contributed by atoms with Crippen LogP contribution in [-0.4, -0.2) is 20.6 Å². The summed E-state index contributed by atoms with van der Waals surface area (Å²) >= 11 is 0. The molecule has 0 saturated heterocycles. The Balaban J connectivity index is 1.52. The second-order valence-corrected chi connectivity index (χ2v) is 10.1. The van der Waals surface area contributed by atoms with E-state index in [-0.39, 0.29) is 11.6 Å². The fraction of sp³-hybridized carbons (Fsp3) is 0.292. The topological polar surface area (TPSA) is 75.3 Å². The highest BCUT2D eigenvalue weighted by molar-refractivity contribution is 7.92. The van der Waals surface area contributed by atoms with E-state index in [1.165, 1.54) is 18.4 Å². The first kappa shape index (κ1) is 21.3. The van der Waals surface area contributed by atoms with Crippen LogP contribution in [0.15, 0.2) is 48.5 Å². The Morgan fingerprint density at radius 2 is 1.74 bits per heavy atom. The van der Waals surface area contributed by atoms with Crippen LogP contribution in [0.4, 0.5) is 10.1 Å². The first-order chi connectivity index (χ1) is 14.6. The molecule has 0 aliphatic heterocycles. The van der Waals surface area contributed by atoms with Gasteiger partial charge in [0.25, 0.3) is 5.91 Å². The lowest BCUT2D eigenvalue weighted by atomic mass is 10.0. The molecule has 1 unspecified atom stereocenters. The van der Waals surface area contributed by atoms with Crippen molar-refractivity contribution in [3.63, 3.8) is 0 Å². The van der Waals surface area contributed by atoms with Gasteiger partial charge in [0.2, 0.25) is 10.0 Å². The van der Waals surface area contributed by atoms with Crippen LogP contribution in [-0.2, 0) is 10.0 Å². The number of amides is 1. The zero-order valence-electron chi connectivity index (χ0n) is 17.7. The Hall–Kier alpha value is -2.93. The van der Waals surface area contributed by atoms with Crippen molar-refractivity contribution in [3.8, 4) is 0 Å². The summed E-state index contributed by atoms with van der Waals surface area (Å²) in [4.78, 5) is 12.8. The van der Waals surface area contributed by atoms with Crippen LogP contribution in [0.25, 0.3) is 10.8 Å². The number of hydrogen-bond donors (Lipinski definition) is 2. The van der Waals surface area contributed by atoms with Gasteiger partial charge < -0.3 is 5.32 Å². The molecule has 0 bridgehead atoms. The summed E-state index contributed by atoms with van der Waals surface area (Å²) in [6, 6.07) is 14.0. The molecule has 1 fully saturated rings. The van der Waals surface area contributed by atoms with E-state index >= 15 is 0 Å². The number of halogens is 1. The lowest BCUT2D eigenvalue weighted by molar-refractivity contribution is 0.0939. The molecule has 0 spiro atoms. The molecule has 0 heterocycles. The summed E-state index contributed by atoms with van der Waals surface area (Å²) < 4.78 is 39.8. The molecule has 2 N–H and O–H groups in total. The van der Waals surface area contributed by atoms with Gasteiger partial charge in [-0.2, -0.15) is 0 Å². The van der Waals surface area contributed by atoms with E-state index in [0.29, 0.717) is 22.6 Å². The third kappa shape index (κ3) is 4.88. The van der Waals surface area contributed by atoms with Crippen LogP contribution in [0.5, 0.6) is 0 Å². The van der Waals surface area contributed by atoms with Crippen molar-refractivity contribution < 1.29 is 17.6 Å². The van der Waals surface area contributed by atoms with Crippen LogP contribution in [0.1, 0.15) is 58.8 Å². The summed E-state index contributed by atoms with van der Waals surface area (Å²) in [5.41, 5.74) is 2.89. The molecule has 1 amide bonds. The Bertz CT molecular complexity index is 1280. The third-order valence-electron chi connectivity index (χ3n) is 5.63. The molecule has 7 heteroatoms. The molecule has 1 aliphatic rings. The predicted octanol–water partition coefficient (Wildman–Crippen LogP) is 5.03. The number of rotatable bonds is 6. The second-order valence-electron chi connectivity index (χ2n) is 8.35. The third-order valence-corrected chi connectivity index (χ3v) is 6.22. The molecule has 5 nitrogen and oxygen atoms in total. The minimum atomic E-state index is -3.51. The average Bonchev–Trinajstić information content (AvgIpc) is 3.53. The fourth-order valence-corrected chi connectivity index (χ4v) is 4.40. The number of fused-ring (bicyclic) bond motifs is 1. The van der Waals surface area contributed by atoms with Crippen molar-refractivity contribution in [2.75, 3.05) is 11.0 Å². The molecular formula is C24H25FN2O3S. The van der Waals surface area contributed by atoms with Crippen LogP contribution < -0.4 is 10.0 Å². The van der Waals surface area contributed by atoms with Gasteiger partial charge in [-0.15, -0.1) is 0 Å². The number of benzene rings is 3. The lowest BCUT2D eigenvalue weighted by Gasteiger charge is -2.18. The van der Waals surface area contributed by atoms with Gasteiger partial charge >= 0.3 is 0 Å². The Labute approximate surface area is 181 Å². The maximum absolute atomic E-state index is 14.6. The minimum Gasteiger partial charge on any atom is -0.345 e. The first-order valence-corrected chi connectivity index (χ1v) is 12.1. The van der Waals surface area contributed by atoms with Crippen LogP contribution >= 0.6 is 0 Å². The number of carbonyl (C=O) groups excluding carboxylic acids is 1. The molecule has 3 aromatic rings. The Kier molecular flexibility index (Phi) is 5.47. The van der Waals surface area contributed by atoms with Crippen molar-refractivity contribution in [2.24, 2.45) is 0 Å². The standard InChI is InChI=1S/C24H25FN2O3S/c1-14-10-21(22(25)13-23(14)27-31(3,29)30)15(2)26-24(28)20-9-8-18-11-17(16-4-5-16)6-7-19(18)12-20/h6-13,15-16,27H,4-5H2,1-3H3,(H,26,28). The quantitative estimate of drug-likeness (QED) is 0.565. The zero-order chi connectivity index (χ0) is 22.3. The first-order valence-electron chi connectivity index (χ1n) is 10.2. The van der Waals surface area contributed by atoms with E-state index in [4.69, 9.17) is 0 Å². The maximum atomic E-state index is 14.6. The van der Waals surface area contributed by atoms with Crippen molar-refractivity contribution in [1.29, 1.82) is 0 Å². The largest absolute Gasteiger partial charge is 0.345 e. The summed E-state index contributed by atoms with van der Waals surface area (Å²) in [7, 11) is -3.51. The van der Waals surface area contributed by atoms with E-state index < -0.39 is 21.9 Å². The number of anilines is 1. The molecule has 3 aromatic carbocycles. The molecule has 31 heavy (non-hydrogen) atoms. The Morgan fingerprint density at radius 1 is 1.06 bits per heavy atom. The monoisotopic (exact) mass is 440 g/mol. The summed E-state index contributed by atoms with van der Waals surface area (Å²) in [6.07, 6.45) is 3.49. The van der Waals surface area contributed by atoms with Gasteiger partial charge in [-0.05, 0) is 78.8 Å². The SMILES string of the molecule is Cc1cc(C(C)NC(=O)c2ccc3cc(C4CC4)ccc3c2)c(F)cc1NS(C)(=O)=O. The number of carbonyl (C=O) groups is 1. The smallest absolute Gasteiger partial charge is 0.251 e. The molecule has 1 aliphatic carbocycles. The van der Waals surface area contributed by atoms with Crippen LogP contribution in [0, 0.1) is 12.7 Å². The molecule has 1 saturated carbocycles. The van der Waals surface area contributed by atoms with Gasteiger partial charge in [0.05, 0.1) is 18.0 Å². The van der Waals surface area contributed by atoms with E-state index in [0.717, 1.165) is 23.1 Å². The van der Waals surface area contributed by atoms with Crippen LogP contribution in [0.2, 0.25) is 0 Å². The molecule has 0 radical (unpaired) electrons.